The van der Waals surface area contributed by atoms with E-state index in [2.05, 4.69) is 28.1 Å². The van der Waals surface area contributed by atoms with Crippen molar-refractivity contribution < 1.29 is 33.4 Å². The maximum absolute atomic E-state index is 14.3. The summed E-state index contributed by atoms with van der Waals surface area (Å²) in [7, 11) is 0. The highest BCUT2D eigenvalue weighted by Crippen LogP contribution is 2.74. The van der Waals surface area contributed by atoms with Gasteiger partial charge in [-0.3, -0.25) is 19.2 Å². The van der Waals surface area contributed by atoms with Crippen LogP contribution in [0.25, 0.3) is 21.9 Å². The van der Waals surface area contributed by atoms with Crippen LogP contribution < -0.4 is 20.9 Å². The first-order valence-corrected chi connectivity index (χ1v) is 21.0. The molecule has 0 unspecified atom stereocenters. The van der Waals surface area contributed by atoms with Gasteiger partial charge in [-0.05, 0) is 92.1 Å². The first-order valence-electron chi connectivity index (χ1n) is 20.4. The van der Waals surface area contributed by atoms with Gasteiger partial charge in [-0.15, -0.1) is 11.6 Å². The second-order valence-corrected chi connectivity index (χ2v) is 18.5. The maximum atomic E-state index is 14.3. The van der Waals surface area contributed by atoms with E-state index >= 15 is 0 Å². The van der Waals surface area contributed by atoms with Gasteiger partial charge in [0, 0.05) is 35.3 Å². The van der Waals surface area contributed by atoms with Crippen molar-refractivity contribution in [1.29, 1.82) is 0 Å². The van der Waals surface area contributed by atoms with E-state index in [0.29, 0.717) is 43.1 Å². The fourth-order valence-electron chi connectivity index (χ4n) is 9.68. The summed E-state index contributed by atoms with van der Waals surface area (Å²) in [6, 6.07) is 23.6. The summed E-state index contributed by atoms with van der Waals surface area (Å²) in [6.45, 7) is 11.2. The first kappa shape index (κ1) is 40.4. The highest BCUT2D eigenvalue weighted by atomic mass is 35.5. The van der Waals surface area contributed by atoms with Crippen molar-refractivity contribution in [3.8, 4) is 11.1 Å². The maximum Gasteiger partial charge on any atom is 0.407 e. The van der Waals surface area contributed by atoms with E-state index in [1.165, 1.54) is 0 Å². The van der Waals surface area contributed by atoms with E-state index in [-0.39, 0.29) is 36.2 Å². The number of amides is 4. The molecule has 3 fully saturated rings. The lowest BCUT2D eigenvalue weighted by atomic mass is 9.34. The summed E-state index contributed by atoms with van der Waals surface area (Å²) >= 11 is 6.54. The molecule has 4 aromatic rings. The fourth-order valence-corrected chi connectivity index (χ4v) is 9.93. The predicted octanol–water partition coefficient (Wildman–Crippen LogP) is 8.03. The minimum absolute atomic E-state index is 0.0476. The molecule has 4 aliphatic carbocycles. The number of carbonyl (C=O) groups excluding carboxylic acids is 5. The topological polar surface area (TPSA) is 143 Å². The number of rotatable bonds is 11. The van der Waals surface area contributed by atoms with E-state index in [1.807, 2.05) is 87.5 Å². The molecule has 59 heavy (non-hydrogen) atoms. The number of hydrogen-bond acceptors (Lipinski definition) is 7. The van der Waals surface area contributed by atoms with Crippen LogP contribution >= 0.6 is 11.6 Å². The van der Waals surface area contributed by atoms with Crippen molar-refractivity contribution in [2.75, 3.05) is 29.2 Å². The lowest BCUT2D eigenvalue weighted by Gasteiger charge is -2.67. The summed E-state index contributed by atoms with van der Waals surface area (Å²) in [6.07, 6.45) is 0.628. The highest BCUT2D eigenvalue weighted by molar-refractivity contribution is 6.19. The third-order valence-electron chi connectivity index (χ3n) is 12.5. The third kappa shape index (κ3) is 7.11. The van der Waals surface area contributed by atoms with Gasteiger partial charge in [-0.1, -0.05) is 86.6 Å². The molecular weight excluding hydrogens is 768 g/mol. The number of esters is 1. The molecule has 308 valence electrons. The van der Waals surface area contributed by atoms with Crippen LogP contribution in [-0.2, 0) is 28.7 Å². The molecule has 0 saturated heterocycles. The zero-order chi connectivity index (χ0) is 42.0. The smallest absolute Gasteiger partial charge is 0.407 e. The van der Waals surface area contributed by atoms with Crippen LogP contribution in [0.3, 0.4) is 0 Å². The Morgan fingerprint density at radius 3 is 2.00 bits per heavy atom. The molecule has 1 aliphatic heterocycles. The molecule has 0 radical (unpaired) electrons. The molecule has 11 nitrogen and oxygen atoms in total. The van der Waals surface area contributed by atoms with E-state index in [9.17, 15) is 24.0 Å². The van der Waals surface area contributed by atoms with Crippen molar-refractivity contribution >= 4 is 63.5 Å². The summed E-state index contributed by atoms with van der Waals surface area (Å²) in [5, 5.41) is 10.2. The number of benzene rings is 4. The SMILES string of the molecule is CC(C)[C@H](NC(=O)OCC1c2ccccc2-c2ccccc21)C(=O)N[C@@H](C)C(=O)Nc1cc2c(c3ccccc13)[C@H](CCl)CN2C(=O)C12CC(C(=O)OC(C)(C)C)(C1)C2. The molecule has 0 aromatic heterocycles. The lowest BCUT2D eigenvalue weighted by Crippen LogP contribution is -2.71. The van der Waals surface area contributed by atoms with Gasteiger partial charge in [0.15, 0.2) is 0 Å². The Labute approximate surface area is 349 Å². The second kappa shape index (κ2) is 15.0. The van der Waals surface area contributed by atoms with E-state index in [1.54, 1.807) is 25.7 Å². The first-order chi connectivity index (χ1) is 28.0. The summed E-state index contributed by atoms with van der Waals surface area (Å²) < 4.78 is 11.4. The molecule has 1 heterocycles. The van der Waals surface area contributed by atoms with Crippen LogP contribution in [0, 0.1) is 16.7 Å². The van der Waals surface area contributed by atoms with Crippen molar-refractivity contribution in [3.05, 3.63) is 95.6 Å². The van der Waals surface area contributed by atoms with E-state index < -0.39 is 46.4 Å². The van der Waals surface area contributed by atoms with Gasteiger partial charge >= 0.3 is 12.1 Å². The molecule has 0 spiro atoms. The molecule has 12 heteroatoms. The predicted molar refractivity (Wildman–Crippen MR) is 227 cm³/mol. The minimum Gasteiger partial charge on any atom is -0.460 e. The molecule has 3 saturated carbocycles. The molecular formula is C47H51ClN4O7. The molecule has 4 amide bonds. The van der Waals surface area contributed by atoms with Crippen molar-refractivity contribution in [2.24, 2.45) is 16.7 Å². The molecule has 9 rings (SSSR count). The number of ether oxygens (including phenoxy) is 2. The van der Waals surface area contributed by atoms with Crippen molar-refractivity contribution in [1.82, 2.24) is 10.6 Å². The fraction of sp³-hybridized carbons (Fsp3) is 0.426. The van der Waals surface area contributed by atoms with Gasteiger partial charge in [0.05, 0.1) is 16.5 Å². The van der Waals surface area contributed by atoms with Gasteiger partial charge in [0.25, 0.3) is 0 Å². The number of fused-ring (bicyclic) bond motifs is 6. The van der Waals surface area contributed by atoms with Crippen LogP contribution in [0.5, 0.6) is 0 Å². The average molecular weight is 819 g/mol. The van der Waals surface area contributed by atoms with Gasteiger partial charge in [0.1, 0.15) is 24.3 Å². The summed E-state index contributed by atoms with van der Waals surface area (Å²) in [5.41, 5.74) is 4.63. The third-order valence-corrected chi connectivity index (χ3v) is 12.9. The Bertz CT molecular complexity index is 2320. The van der Waals surface area contributed by atoms with Gasteiger partial charge in [0.2, 0.25) is 17.7 Å². The van der Waals surface area contributed by atoms with Crippen LogP contribution in [-0.4, -0.2) is 66.5 Å². The van der Waals surface area contributed by atoms with Gasteiger partial charge in [-0.2, -0.15) is 0 Å². The van der Waals surface area contributed by atoms with Crippen LogP contribution in [0.4, 0.5) is 16.2 Å². The van der Waals surface area contributed by atoms with Gasteiger partial charge < -0.3 is 30.3 Å². The Hall–Kier alpha value is -5.42. The Kier molecular flexibility index (Phi) is 10.3. The van der Waals surface area contributed by atoms with Crippen LogP contribution in [0.15, 0.2) is 78.9 Å². The van der Waals surface area contributed by atoms with E-state index in [0.717, 1.165) is 38.6 Å². The molecule has 4 aromatic carbocycles. The normalized spacial score (nSPS) is 22.2. The molecule has 3 atom stereocenters. The Morgan fingerprint density at radius 2 is 1.41 bits per heavy atom. The largest absolute Gasteiger partial charge is 0.460 e. The zero-order valence-corrected chi connectivity index (χ0v) is 35.1. The van der Waals surface area contributed by atoms with Crippen LogP contribution in [0.1, 0.15) is 89.3 Å². The zero-order valence-electron chi connectivity index (χ0n) is 34.3. The second-order valence-electron chi connectivity index (χ2n) is 18.2. The molecule has 5 aliphatic rings. The monoisotopic (exact) mass is 818 g/mol. The van der Waals surface area contributed by atoms with Crippen molar-refractivity contribution in [2.45, 2.75) is 90.3 Å². The Balaban J connectivity index is 0.940. The lowest BCUT2D eigenvalue weighted by molar-refractivity contribution is -0.230. The molecule has 2 bridgehead atoms. The quantitative estimate of drug-likeness (QED) is 0.103. The number of halogens is 1. The summed E-state index contributed by atoms with van der Waals surface area (Å²) in [5.74, 6) is -1.58. The number of nitrogens with one attached hydrogen (secondary N) is 3. The number of alkyl halides is 1. The minimum atomic E-state index is -0.988. The standard InChI is InChI=1S/C47H51ClN4O7/c1-26(2)39(51-44(57)58-22-35-31-15-9-7-13-29(31)30-14-8-10-16-32(30)35)41(54)49-27(3)40(53)50-36-19-37-38(34-18-12-11-17-33(34)36)28(20-48)21-52(37)42(55)46-23-47(24-46,25-46)43(56)59-45(4,5)6/h7-19,26-28,35,39H,20-25H2,1-6H3,(H,49,54)(H,50,53)(H,51,57)/t27-,28+,39-,46?,47?/m0/s1. The van der Waals surface area contributed by atoms with Crippen molar-refractivity contribution in [3.63, 3.8) is 0 Å². The summed E-state index contributed by atoms with van der Waals surface area (Å²) in [4.78, 5) is 69.7. The number of carbonyl (C=O) groups is 5. The number of nitrogens with zero attached hydrogens (tertiary/aromatic N) is 1. The molecule has 3 N–H and O–H groups in total. The number of anilines is 2. The number of alkyl carbamates (subject to hydrolysis) is 1. The average Bonchev–Trinajstić information content (AvgIpc) is 3.69. The van der Waals surface area contributed by atoms with Crippen LogP contribution in [0.2, 0.25) is 0 Å². The van der Waals surface area contributed by atoms with E-state index in [4.69, 9.17) is 21.1 Å². The van der Waals surface area contributed by atoms with Gasteiger partial charge in [-0.25, -0.2) is 4.79 Å². The highest BCUT2D eigenvalue weighted by Gasteiger charge is 2.76. The number of hydrogen-bond donors (Lipinski definition) is 3. The Morgan fingerprint density at radius 1 is 0.814 bits per heavy atom.